The van der Waals surface area contributed by atoms with Crippen molar-refractivity contribution < 1.29 is 14.3 Å². The van der Waals surface area contributed by atoms with Crippen LogP contribution in [0.25, 0.3) is 11.1 Å². The second-order valence-corrected chi connectivity index (χ2v) is 10.3. The molecule has 10 nitrogen and oxygen atoms in total. The van der Waals surface area contributed by atoms with E-state index in [1.54, 1.807) is 31.0 Å². The van der Waals surface area contributed by atoms with Gasteiger partial charge in [0.2, 0.25) is 0 Å². The monoisotopic (exact) mass is 557 g/mol. The van der Waals surface area contributed by atoms with Gasteiger partial charge in [-0.3, -0.25) is 24.6 Å². The molecule has 190 valence electrons. The van der Waals surface area contributed by atoms with Crippen molar-refractivity contribution in [3.63, 3.8) is 0 Å². The fourth-order valence-corrected chi connectivity index (χ4v) is 5.58. The number of hydrogen-bond acceptors (Lipinski definition) is 8. The van der Waals surface area contributed by atoms with Crippen molar-refractivity contribution >= 4 is 51.5 Å². The summed E-state index contributed by atoms with van der Waals surface area (Å²) in [6, 6.07) is 3.44. The maximum atomic E-state index is 13.3. The molecule has 5 heterocycles. The fraction of sp³-hybridized carbons (Fsp3) is 0.250. The zero-order chi connectivity index (χ0) is 26.4. The van der Waals surface area contributed by atoms with Crippen molar-refractivity contribution in [3.05, 3.63) is 67.9 Å². The largest absolute Gasteiger partial charge is 0.494 e. The van der Waals surface area contributed by atoms with Crippen molar-refractivity contribution in [2.45, 2.75) is 26.9 Å². The zero-order valence-electron chi connectivity index (χ0n) is 20.3. The summed E-state index contributed by atoms with van der Waals surface area (Å²) in [5.41, 5.74) is 3.98. The summed E-state index contributed by atoms with van der Waals surface area (Å²) < 4.78 is 6.91. The number of nitrogens with zero attached hydrogens (tertiary/aromatic N) is 6. The zero-order valence-corrected chi connectivity index (χ0v) is 22.6. The summed E-state index contributed by atoms with van der Waals surface area (Å²) in [6.07, 6.45) is 3.02. The molecule has 0 aromatic carbocycles. The summed E-state index contributed by atoms with van der Waals surface area (Å²) in [7, 11) is 3.22. The third-order valence-corrected chi connectivity index (χ3v) is 7.59. The van der Waals surface area contributed by atoms with Crippen LogP contribution in [0.15, 0.2) is 24.5 Å². The standard InChI is InChI=1S/C24H21Cl2N7O3S/c1-11-5-13(14-6-19(25)28-8-17(14)36-4)15(7-27-11)22(34)30-24-29-16-9-33(10-18(16)37-24)23(35)20-12(2)31-32(3)21(20)26/h5-8H,9-10H2,1-4H3,(H,29,30,34). The number of ether oxygens (including phenoxy) is 1. The number of amides is 2. The molecule has 0 bridgehead atoms. The fourth-order valence-electron chi connectivity index (χ4n) is 4.19. The maximum Gasteiger partial charge on any atom is 0.259 e. The van der Waals surface area contributed by atoms with E-state index in [4.69, 9.17) is 27.9 Å². The Morgan fingerprint density at radius 1 is 1.11 bits per heavy atom. The summed E-state index contributed by atoms with van der Waals surface area (Å²) in [4.78, 5) is 41.8. The third kappa shape index (κ3) is 4.65. The molecule has 0 saturated carbocycles. The van der Waals surface area contributed by atoms with Crippen LogP contribution in [-0.2, 0) is 20.1 Å². The molecule has 0 radical (unpaired) electrons. The molecule has 0 unspecified atom stereocenters. The third-order valence-electron chi connectivity index (χ3n) is 5.96. The molecule has 37 heavy (non-hydrogen) atoms. The second kappa shape index (κ2) is 9.73. The lowest BCUT2D eigenvalue weighted by atomic mass is 10.0. The molecule has 1 aliphatic heterocycles. The molecule has 0 spiro atoms. The highest BCUT2D eigenvalue weighted by Crippen LogP contribution is 2.36. The van der Waals surface area contributed by atoms with Crippen LogP contribution in [0.2, 0.25) is 10.3 Å². The van der Waals surface area contributed by atoms with Gasteiger partial charge in [-0.15, -0.1) is 0 Å². The first-order valence-electron chi connectivity index (χ1n) is 11.1. The van der Waals surface area contributed by atoms with Gasteiger partial charge >= 0.3 is 0 Å². The molecular formula is C24H21Cl2N7O3S. The van der Waals surface area contributed by atoms with E-state index in [2.05, 4.69) is 25.4 Å². The number of rotatable bonds is 5. The van der Waals surface area contributed by atoms with Crippen molar-refractivity contribution in [1.82, 2.24) is 29.6 Å². The Hall–Kier alpha value is -3.54. The van der Waals surface area contributed by atoms with Crippen LogP contribution in [0.5, 0.6) is 5.75 Å². The minimum atomic E-state index is -0.379. The minimum Gasteiger partial charge on any atom is -0.494 e. The average molecular weight is 558 g/mol. The van der Waals surface area contributed by atoms with E-state index in [1.165, 1.54) is 35.5 Å². The number of methoxy groups -OCH3 is 1. The Morgan fingerprint density at radius 3 is 2.57 bits per heavy atom. The maximum absolute atomic E-state index is 13.3. The van der Waals surface area contributed by atoms with Gasteiger partial charge in [0.05, 0.1) is 53.8 Å². The first-order valence-corrected chi connectivity index (χ1v) is 12.7. The van der Waals surface area contributed by atoms with Gasteiger partial charge in [0.15, 0.2) is 5.13 Å². The SMILES string of the molecule is COc1cnc(Cl)cc1-c1cc(C)ncc1C(=O)Nc1nc2c(s1)CN(C(=O)c1c(C)nn(C)c1Cl)C2. The lowest BCUT2D eigenvalue weighted by molar-refractivity contribution is 0.0750. The number of carbonyl (C=O) groups excluding carboxylic acids is 2. The molecule has 0 fully saturated rings. The van der Waals surface area contributed by atoms with E-state index in [1.807, 2.05) is 6.92 Å². The minimum absolute atomic E-state index is 0.202. The number of halogens is 2. The predicted molar refractivity (Wildman–Crippen MR) is 140 cm³/mol. The molecule has 0 saturated heterocycles. The Bertz CT molecular complexity index is 1540. The van der Waals surface area contributed by atoms with Gasteiger partial charge in [-0.25, -0.2) is 9.97 Å². The number of carbonyl (C=O) groups is 2. The Labute approximate surface area is 226 Å². The summed E-state index contributed by atoms with van der Waals surface area (Å²) in [5.74, 6) is -0.103. The van der Waals surface area contributed by atoms with Crippen molar-refractivity contribution in [2.24, 2.45) is 7.05 Å². The number of pyridine rings is 2. The smallest absolute Gasteiger partial charge is 0.259 e. The van der Waals surface area contributed by atoms with Crippen molar-refractivity contribution in [2.75, 3.05) is 12.4 Å². The molecule has 1 aliphatic rings. The van der Waals surface area contributed by atoms with Crippen LogP contribution in [0.3, 0.4) is 0 Å². The van der Waals surface area contributed by atoms with Gasteiger partial charge in [0, 0.05) is 30.1 Å². The van der Waals surface area contributed by atoms with E-state index < -0.39 is 0 Å². The molecular weight excluding hydrogens is 537 g/mol. The van der Waals surface area contributed by atoms with E-state index in [0.717, 1.165) is 16.3 Å². The first kappa shape index (κ1) is 25.1. The Kier molecular flexibility index (Phi) is 6.61. The molecule has 4 aromatic heterocycles. The first-order chi connectivity index (χ1) is 17.7. The van der Waals surface area contributed by atoms with E-state index in [9.17, 15) is 9.59 Å². The van der Waals surface area contributed by atoms with Gasteiger partial charge in [-0.1, -0.05) is 34.5 Å². The number of hydrogen-bond donors (Lipinski definition) is 1. The van der Waals surface area contributed by atoms with Gasteiger partial charge in [0.1, 0.15) is 16.1 Å². The Morgan fingerprint density at radius 2 is 1.89 bits per heavy atom. The predicted octanol–water partition coefficient (Wildman–Crippen LogP) is 4.67. The quantitative estimate of drug-likeness (QED) is 0.354. The highest BCUT2D eigenvalue weighted by molar-refractivity contribution is 7.16. The second-order valence-electron chi connectivity index (χ2n) is 8.46. The number of aromatic nitrogens is 5. The molecule has 1 N–H and O–H groups in total. The molecule has 5 rings (SSSR count). The topological polar surface area (TPSA) is 115 Å². The Balaban J connectivity index is 1.37. The highest BCUT2D eigenvalue weighted by Gasteiger charge is 2.32. The summed E-state index contributed by atoms with van der Waals surface area (Å²) >= 11 is 13.7. The molecule has 2 amide bonds. The number of aryl methyl sites for hydroxylation is 3. The van der Waals surface area contributed by atoms with E-state index in [-0.39, 0.29) is 17.0 Å². The van der Waals surface area contributed by atoms with Crippen molar-refractivity contribution in [1.29, 1.82) is 0 Å². The van der Waals surface area contributed by atoms with Crippen LogP contribution in [0.1, 0.15) is 42.7 Å². The van der Waals surface area contributed by atoms with Crippen LogP contribution < -0.4 is 10.1 Å². The van der Waals surface area contributed by atoms with Crippen LogP contribution >= 0.6 is 34.5 Å². The van der Waals surface area contributed by atoms with Gasteiger partial charge in [-0.05, 0) is 26.0 Å². The molecule has 0 aliphatic carbocycles. The highest BCUT2D eigenvalue weighted by atomic mass is 35.5. The van der Waals surface area contributed by atoms with Crippen LogP contribution in [0.4, 0.5) is 5.13 Å². The van der Waals surface area contributed by atoms with Gasteiger partial charge in [0.25, 0.3) is 11.8 Å². The summed E-state index contributed by atoms with van der Waals surface area (Å²) in [6.45, 7) is 4.27. The van der Waals surface area contributed by atoms with Gasteiger partial charge < -0.3 is 9.64 Å². The van der Waals surface area contributed by atoms with Gasteiger partial charge in [-0.2, -0.15) is 5.10 Å². The molecule has 0 atom stereocenters. The number of nitrogens with one attached hydrogen (secondary N) is 1. The lowest BCUT2D eigenvalue weighted by Crippen LogP contribution is -2.26. The number of fused-ring (bicyclic) bond motifs is 1. The molecule has 4 aromatic rings. The molecule has 13 heteroatoms. The normalized spacial score (nSPS) is 12.5. The van der Waals surface area contributed by atoms with Crippen LogP contribution in [0, 0.1) is 13.8 Å². The van der Waals surface area contributed by atoms with E-state index >= 15 is 0 Å². The van der Waals surface area contributed by atoms with Crippen LogP contribution in [-0.4, -0.2) is 48.6 Å². The average Bonchev–Trinajstić information content (AvgIpc) is 3.49. The van der Waals surface area contributed by atoms with Crippen molar-refractivity contribution in [3.8, 4) is 16.9 Å². The lowest BCUT2D eigenvalue weighted by Gasteiger charge is -2.15. The number of thiazole rings is 1. The van der Waals surface area contributed by atoms with E-state index in [0.29, 0.717) is 57.1 Å². The summed E-state index contributed by atoms with van der Waals surface area (Å²) in [5, 5.41) is 8.09. The number of anilines is 1.